The summed E-state index contributed by atoms with van der Waals surface area (Å²) in [5.41, 5.74) is 12.7. The summed E-state index contributed by atoms with van der Waals surface area (Å²) in [4.78, 5) is 15.7. The van der Waals surface area contributed by atoms with Crippen molar-refractivity contribution in [3.63, 3.8) is 0 Å². The van der Waals surface area contributed by atoms with Gasteiger partial charge in [0.1, 0.15) is 7.14 Å². The molecule has 3 unspecified atom stereocenters. The van der Waals surface area contributed by atoms with Crippen LogP contribution in [0.2, 0.25) is 0 Å². The molecule has 13 rings (SSSR count). The molecule has 2 saturated carbocycles. The third-order valence-electron chi connectivity index (χ3n) is 15.8. The van der Waals surface area contributed by atoms with Crippen LogP contribution in [0.5, 0.6) is 0 Å². The van der Waals surface area contributed by atoms with Gasteiger partial charge in [-0.1, -0.05) is 219 Å². The fourth-order valence-electron chi connectivity index (χ4n) is 12.4. The van der Waals surface area contributed by atoms with Crippen LogP contribution in [0.4, 0.5) is 0 Å². The summed E-state index contributed by atoms with van der Waals surface area (Å²) in [5.74, 6) is 3.27. The first-order valence-corrected chi connectivity index (χ1v) is 27.6. The van der Waals surface area contributed by atoms with E-state index in [-0.39, 0.29) is 5.41 Å². The highest BCUT2D eigenvalue weighted by Gasteiger charge is 2.52. The molecule has 4 nitrogen and oxygen atoms in total. The highest BCUT2D eigenvalue weighted by Crippen LogP contribution is 2.60. The molecule has 71 heavy (non-hydrogen) atoms. The van der Waals surface area contributed by atoms with Crippen LogP contribution in [-0.2, 0) is 9.98 Å². The lowest BCUT2D eigenvalue weighted by atomic mass is 9.64. The van der Waals surface area contributed by atoms with E-state index in [2.05, 4.69) is 200 Å². The number of fused-ring (bicyclic) bond motifs is 5. The van der Waals surface area contributed by atoms with E-state index in [1.165, 1.54) is 68.6 Å². The maximum Gasteiger partial charge on any atom is 0.164 e. The lowest BCUT2D eigenvalue weighted by Crippen LogP contribution is -2.34. The van der Waals surface area contributed by atoms with Gasteiger partial charge in [-0.25, -0.2) is 15.0 Å². The Morgan fingerprint density at radius 3 is 1.48 bits per heavy atom. The number of nitrogens with zero attached hydrogens (tertiary/aromatic N) is 3. The second-order valence-electron chi connectivity index (χ2n) is 20.2. The van der Waals surface area contributed by atoms with E-state index in [4.69, 9.17) is 15.0 Å². The van der Waals surface area contributed by atoms with Crippen molar-refractivity contribution < 1.29 is 4.57 Å². The second-order valence-corrected chi connectivity index (χ2v) is 23.4. The molecule has 0 amide bonds. The predicted molar refractivity (Wildman–Crippen MR) is 297 cm³/mol. The lowest BCUT2D eigenvalue weighted by molar-refractivity contribution is 0.320. The summed E-state index contributed by atoms with van der Waals surface area (Å²) in [5, 5.41) is 8.06. The Kier molecular flexibility index (Phi) is 10.5. The number of benzene rings is 10. The number of hydrogen-bond acceptors (Lipinski definition) is 4. The highest BCUT2D eigenvalue weighted by atomic mass is 31.2. The van der Waals surface area contributed by atoms with Crippen LogP contribution in [0.15, 0.2) is 218 Å². The maximum absolute atomic E-state index is 13.0. The molecule has 2 fully saturated rings. The summed E-state index contributed by atoms with van der Waals surface area (Å²) in [6, 6.07) is 78.8. The molecule has 5 heteroatoms. The van der Waals surface area contributed by atoms with E-state index in [1.807, 2.05) is 31.5 Å². The Morgan fingerprint density at radius 2 is 0.901 bits per heavy atom. The SMILES string of the molecule is CP(C)(=O)c1ccc(-c2c3ccccc3c(-c3ccc(C4(c5ccc(-c6nc(-c7cccc(-c8ccccc8)c7)nc(-c7cccc8ccccc78)n6)cc5)CC5CCC4C5)cc3)c3ccccc23)cc1. The summed E-state index contributed by atoms with van der Waals surface area (Å²) in [7, 11) is -2.38. The van der Waals surface area contributed by atoms with Crippen molar-refractivity contribution in [2.75, 3.05) is 13.3 Å². The molecule has 3 atom stereocenters. The van der Waals surface area contributed by atoms with Gasteiger partial charge in [0.2, 0.25) is 0 Å². The van der Waals surface area contributed by atoms with Gasteiger partial charge in [-0.15, -0.1) is 0 Å². The Labute approximate surface area is 415 Å². The van der Waals surface area contributed by atoms with Crippen molar-refractivity contribution in [1.29, 1.82) is 0 Å². The standard InChI is InChI=1S/C66H52N3OP/c1-71(2,70)54-38-31-47(32-39-54)62-58-23-10-8-21-56(58)61(57-22-9-11-24-59(57)62)46-27-34-51(35-28-46)66(42-43-26-33-53(66)40-43)52-36-29-48(30-37-52)63-67-64(50-19-12-18-49(41-50)44-14-4-3-5-15-44)69-65(68-63)60-25-13-17-45-16-6-7-20-55(45)60/h3-25,27-32,34-39,41,43,53H,26,33,40,42H2,1-2H3. The van der Waals surface area contributed by atoms with E-state index in [9.17, 15) is 4.57 Å². The molecule has 0 aliphatic heterocycles. The first-order valence-electron chi connectivity index (χ1n) is 25.0. The van der Waals surface area contributed by atoms with E-state index in [0.717, 1.165) is 61.8 Å². The molecule has 10 aromatic carbocycles. The average molecular weight is 934 g/mol. The Hall–Kier alpha value is -7.78. The van der Waals surface area contributed by atoms with Crippen LogP contribution in [0.3, 0.4) is 0 Å². The van der Waals surface area contributed by atoms with E-state index >= 15 is 0 Å². The fourth-order valence-corrected chi connectivity index (χ4v) is 13.3. The molecule has 2 aliphatic rings. The van der Waals surface area contributed by atoms with Crippen molar-refractivity contribution in [2.24, 2.45) is 11.8 Å². The summed E-state index contributed by atoms with van der Waals surface area (Å²) >= 11 is 0. The van der Waals surface area contributed by atoms with Crippen LogP contribution in [0.25, 0.3) is 99.9 Å². The first-order chi connectivity index (χ1) is 34.8. The molecule has 0 N–H and O–H groups in total. The van der Waals surface area contributed by atoms with Crippen molar-refractivity contribution in [2.45, 2.75) is 31.1 Å². The molecule has 0 radical (unpaired) electrons. The Bertz CT molecular complexity index is 3820. The minimum atomic E-state index is -2.38. The van der Waals surface area contributed by atoms with Gasteiger partial charge in [0.15, 0.2) is 17.5 Å². The Balaban J connectivity index is 0.899. The van der Waals surface area contributed by atoms with Gasteiger partial charge in [-0.3, -0.25) is 0 Å². The minimum absolute atomic E-state index is 0.0860. The van der Waals surface area contributed by atoms with Crippen molar-refractivity contribution in [3.05, 3.63) is 230 Å². The zero-order valence-corrected chi connectivity index (χ0v) is 40.9. The zero-order chi connectivity index (χ0) is 47.7. The topological polar surface area (TPSA) is 55.7 Å². The molecule has 0 spiro atoms. The van der Waals surface area contributed by atoms with Gasteiger partial charge >= 0.3 is 0 Å². The molecule has 2 bridgehead atoms. The van der Waals surface area contributed by atoms with E-state index < -0.39 is 7.14 Å². The average Bonchev–Trinajstić information content (AvgIpc) is 4.06. The number of aromatic nitrogens is 3. The number of hydrogen-bond donors (Lipinski definition) is 0. The molecular formula is C66H52N3OP. The van der Waals surface area contributed by atoms with Gasteiger partial charge in [0.25, 0.3) is 0 Å². The summed E-state index contributed by atoms with van der Waals surface area (Å²) < 4.78 is 13.0. The van der Waals surface area contributed by atoms with Gasteiger partial charge < -0.3 is 4.57 Å². The molecule has 1 heterocycles. The van der Waals surface area contributed by atoms with E-state index in [0.29, 0.717) is 23.4 Å². The normalized spacial score (nSPS) is 17.6. The van der Waals surface area contributed by atoms with Gasteiger partial charge in [-0.2, -0.15) is 0 Å². The van der Waals surface area contributed by atoms with Crippen LogP contribution in [-0.4, -0.2) is 28.3 Å². The smallest absolute Gasteiger partial charge is 0.164 e. The van der Waals surface area contributed by atoms with Crippen LogP contribution >= 0.6 is 7.14 Å². The monoisotopic (exact) mass is 933 g/mol. The maximum atomic E-state index is 13.0. The molecular weight excluding hydrogens is 882 g/mol. The van der Waals surface area contributed by atoms with Crippen LogP contribution in [0, 0.1) is 11.8 Å². The molecule has 342 valence electrons. The van der Waals surface area contributed by atoms with Crippen LogP contribution in [0.1, 0.15) is 36.8 Å². The Morgan fingerprint density at radius 1 is 0.423 bits per heavy atom. The first kappa shape index (κ1) is 43.3. The summed E-state index contributed by atoms with van der Waals surface area (Å²) in [6.07, 6.45) is 4.97. The minimum Gasteiger partial charge on any atom is -0.319 e. The lowest BCUT2D eigenvalue weighted by Gasteiger charge is -2.39. The van der Waals surface area contributed by atoms with Gasteiger partial charge in [-0.05, 0) is 127 Å². The van der Waals surface area contributed by atoms with Crippen molar-refractivity contribution in [3.8, 4) is 67.5 Å². The number of rotatable bonds is 9. The van der Waals surface area contributed by atoms with Crippen LogP contribution < -0.4 is 5.30 Å². The highest BCUT2D eigenvalue weighted by molar-refractivity contribution is 7.70. The zero-order valence-electron chi connectivity index (χ0n) is 40.0. The molecule has 0 saturated heterocycles. The molecule has 2 aliphatic carbocycles. The van der Waals surface area contributed by atoms with Gasteiger partial charge in [0, 0.05) is 27.4 Å². The predicted octanol–water partition coefficient (Wildman–Crippen LogP) is 16.7. The quantitative estimate of drug-likeness (QED) is 0.107. The van der Waals surface area contributed by atoms with E-state index in [1.54, 1.807) is 0 Å². The fraction of sp³-hybridized carbons (Fsp3) is 0.136. The second kappa shape index (κ2) is 17.3. The summed E-state index contributed by atoms with van der Waals surface area (Å²) in [6.45, 7) is 3.68. The molecule has 1 aromatic heterocycles. The van der Waals surface area contributed by atoms with Crippen molar-refractivity contribution in [1.82, 2.24) is 15.0 Å². The largest absolute Gasteiger partial charge is 0.319 e. The third-order valence-corrected chi connectivity index (χ3v) is 17.3. The van der Waals surface area contributed by atoms with Gasteiger partial charge in [0.05, 0.1) is 0 Å². The molecule has 11 aromatic rings. The van der Waals surface area contributed by atoms with Crippen molar-refractivity contribution >= 4 is 44.8 Å². The third kappa shape index (κ3) is 7.52.